The van der Waals surface area contributed by atoms with Crippen LogP contribution in [0.25, 0.3) is 11.3 Å². The Labute approximate surface area is 153 Å². The number of aromatic nitrogens is 2. The van der Waals surface area contributed by atoms with Gasteiger partial charge in [-0.15, -0.1) is 0 Å². The van der Waals surface area contributed by atoms with Gasteiger partial charge < -0.3 is 10.6 Å². The third-order valence-electron chi connectivity index (χ3n) is 3.59. The standard InChI is InChI=1S/C21H21N5/c1-21(2,3)26-19-13-18(15-9-5-4-6-10-15)24-20(25-19)23-17-12-8-7-11-16(17)14-22/h4-13H,1-3H3,(H2,23,24,25,26). The van der Waals surface area contributed by atoms with Crippen molar-refractivity contribution in [2.75, 3.05) is 10.6 Å². The Bertz CT molecular complexity index is 937. The maximum Gasteiger partial charge on any atom is 0.229 e. The number of rotatable bonds is 4. The van der Waals surface area contributed by atoms with Crippen LogP contribution in [0.15, 0.2) is 60.7 Å². The fourth-order valence-corrected chi connectivity index (χ4v) is 2.52. The van der Waals surface area contributed by atoms with E-state index in [1.807, 2.05) is 54.6 Å². The molecule has 0 radical (unpaired) electrons. The Morgan fingerprint density at radius 1 is 0.923 bits per heavy atom. The first-order valence-electron chi connectivity index (χ1n) is 8.43. The van der Waals surface area contributed by atoms with E-state index in [1.54, 1.807) is 6.07 Å². The summed E-state index contributed by atoms with van der Waals surface area (Å²) < 4.78 is 0. The maximum atomic E-state index is 9.29. The van der Waals surface area contributed by atoms with Gasteiger partial charge in [-0.2, -0.15) is 10.2 Å². The minimum absolute atomic E-state index is 0.135. The van der Waals surface area contributed by atoms with Crippen molar-refractivity contribution in [3.05, 3.63) is 66.2 Å². The molecule has 0 amide bonds. The second kappa shape index (κ2) is 7.24. The van der Waals surface area contributed by atoms with Crippen LogP contribution in [-0.2, 0) is 0 Å². The predicted octanol–water partition coefficient (Wildman–Crippen LogP) is 4.97. The first-order valence-corrected chi connectivity index (χ1v) is 8.43. The molecule has 0 spiro atoms. The van der Waals surface area contributed by atoms with E-state index in [0.29, 0.717) is 17.2 Å². The number of anilines is 3. The van der Waals surface area contributed by atoms with Gasteiger partial charge in [0.2, 0.25) is 5.95 Å². The molecule has 0 aliphatic rings. The van der Waals surface area contributed by atoms with Crippen LogP contribution in [0.5, 0.6) is 0 Å². The lowest BCUT2D eigenvalue weighted by atomic mass is 10.1. The number of nitrogens with one attached hydrogen (secondary N) is 2. The summed E-state index contributed by atoms with van der Waals surface area (Å²) in [5, 5.41) is 15.9. The molecule has 26 heavy (non-hydrogen) atoms. The summed E-state index contributed by atoms with van der Waals surface area (Å²) in [4.78, 5) is 9.20. The van der Waals surface area contributed by atoms with Gasteiger partial charge >= 0.3 is 0 Å². The number of hydrogen-bond acceptors (Lipinski definition) is 5. The molecule has 2 N–H and O–H groups in total. The minimum atomic E-state index is -0.135. The lowest BCUT2D eigenvalue weighted by molar-refractivity contribution is 0.630. The number of nitriles is 1. The number of hydrogen-bond donors (Lipinski definition) is 2. The van der Waals surface area contributed by atoms with E-state index in [-0.39, 0.29) is 5.54 Å². The fourth-order valence-electron chi connectivity index (χ4n) is 2.52. The Balaban J connectivity index is 2.04. The Hall–Kier alpha value is -3.39. The molecular weight excluding hydrogens is 322 g/mol. The zero-order valence-electron chi connectivity index (χ0n) is 15.1. The van der Waals surface area contributed by atoms with Crippen molar-refractivity contribution in [2.24, 2.45) is 0 Å². The first kappa shape index (κ1) is 17.4. The van der Waals surface area contributed by atoms with E-state index in [0.717, 1.165) is 17.1 Å². The van der Waals surface area contributed by atoms with Crippen LogP contribution >= 0.6 is 0 Å². The normalized spacial score (nSPS) is 10.8. The second-order valence-electron chi connectivity index (χ2n) is 6.99. The van der Waals surface area contributed by atoms with E-state index < -0.39 is 0 Å². The Kier molecular flexibility index (Phi) is 4.85. The van der Waals surface area contributed by atoms with Crippen molar-refractivity contribution < 1.29 is 0 Å². The van der Waals surface area contributed by atoms with E-state index in [4.69, 9.17) is 0 Å². The zero-order chi connectivity index (χ0) is 18.6. The van der Waals surface area contributed by atoms with Crippen LogP contribution in [0.1, 0.15) is 26.3 Å². The molecule has 0 saturated carbocycles. The third kappa shape index (κ3) is 4.37. The van der Waals surface area contributed by atoms with Gasteiger partial charge in [-0.1, -0.05) is 42.5 Å². The third-order valence-corrected chi connectivity index (χ3v) is 3.59. The van der Waals surface area contributed by atoms with Gasteiger partial charge in [-0.3, -0.25) is 0 Å². The van der Waals surface area contributed by atoms with E-state index >= 15 is 0 Å². The number of nitrogens with zero attached hydrogens (tertiary/aromatic N) is 3. The van der Waals surface area contributed by atoms with Gasteiger partial charge in [0, 0.05) is 17.2 Å². The van der Waals surface area contributed by atoms with Crippen LogP contribution in [0.3, 0.4) is 0 Å². The molecule has 5 heteroatoms. The fraction of sp³-hybridized carbons (Fsp3) is 0.190. The highest BCUT2D eigenvalue weighted by Crippen LogP contribution is 2.25. The Morgan fingerprint density at radius 2 is 1.62 bits per heavy atom. The lowest BCUT2D eigenvalue weighted by Gasteiger charge is -2.22. The molecular formula is C21H21N5. The van der Waals surface area contributed by atoms with Crippen molar-refractivity contribution in [2.45, 2.75) is 26.3 Å². The van der Waals surface area contributed by atoms with Gasteiger partial charge in [0.25, 0.3) is 0 Å². The lowest BCUT2D eigenvalue weighted by Crippen LogP contribution is -2.26. The molecule has 3 aromatic rings. The summed E-state index contributed by atoms with van der Waals surface area (Å²) >= 11 is 0. The molecule has 0 fully saturated rings. The molecule has 0 aliphatic heterocycles. The van der Waals surface area contributed by atoms with Gasteiger partial charge in [-0.05, 0) is 32.9 Å². The van der Waals surface area contributed by atoms with Crippen molar-refractivity contribution >= 4 is 17.5 Å². The molecule has 0 atom stereocenters. The molecule has 0 bridgehead atoms. The summed E-state index contributed by atoms with van der Waals surface area (Å²) in [6.07, 6.45) is 0. The Morgan fingerprint density at radius 3 is 2.31 bits per heavy atom. The van der Waals surface area contributed by atoms with Gasteiger partial charge in [0.15, 0.2) is 0 Å². The topological polar surface area (TPSA) is 73.6 Å². The summed E-state index contributed by atoms with van der Waals surface area (Å²) in [7, 11) is 0. The summed E-state index contributed by atoms with van der Waals surface area (Å²) in [5.41, 5.74) is 2.91. The van der Waals surface area contributed by atoms with Crippen LogP contribution in [0, 0.1) is 11.3 Å². The molecule has 1 heterocycles. The first-order chi connectivity index (χ1) is 12.4. The van der Waals surface area contributed by atoms with Crippen molar-refractivity contribution in [3.63, 3.8) is 0 Å². The molecule has 130 valence electrons. The quantitative estimate of drug-likeness (QED) is 0.699. The molecule has 5 nitrogen and oxygen atoms in total. The second-order valence-corrected chi connectivity index (χ2v) is 6.99. The van der Waals surface area contributed by atoms with Crippen LogP contribution in [-0.4, -0.2) is 15.5 Å². The molecule has 3 rings (SSSR count). The van der Waals surface area contributed by atoms with Crippen molar-refractivity contribution in [1.29, 1.82) is 5.26 Å². The summed E-state index contributed by atoms with van der Waals surface area (Å²) in [5.74, 6) is 1.17. The highest BCUT2D eigenvalue weighted by molar-refractivity contribution is 5.68. The number of benzene rings is 2. The van der Waals surface area contributed by atoms with Crippen LogP contribution in [0.2, 0.25) is 0 Å². The van der Waals surface area contributed by atoms with Crippen LogP contribution < -0.4 is 10.6 Å². The zero-order valence-corrected chi connectivity index (χ0v) is 15.1. The van der Waals surface area contributed by atoms with Gasteiger partial charge in [-0.25, -0.2) is 4.98 Å². The van der Waals surface area contributed by atoms with Crippen molar-refractivity contribution in [1.82, 2.24) is 9.97 Å². The van der Waals surface area contributed by atoms with Gasteiger partial charge in [0.1, 0.15) is 11.9 Å². The average Bonchev–Trinajstić information content (AvgIpc) is 2.61. The molecule has 0 aliphatic carbocycles. The van der Waals surface area contributed by atoms with E-state index in [2.05, 4.69) is 47.4 Å². The minimum Gasteiger partial charge on any atom is -0.365 e. The SMILES string of the molecule is CC(C)(C)Nc1cc(-c2ccccc2)nc(Nc2ccccc2C#N)n1. The van der Waals surface area contributed by atoms with Crippen LogP contribution in [0.4, 0.5) is 17.5 Å². The summed E-state index contributed by atoms with van der Waals surface area (Å²) in [6, 6.07) is 21.4. The van der Waals surface area contributed by atoms with E-state index in [1.165, 1.54) is 0 Å². The highest BCUT2D eigenvalue weighted by atomic mass is 15.2. The summed E-state index contributed by atoms with van der Waals surface area (Å²) in [6.45, 7) is 6.24. The predicted molar refractivity (Wildman–Crippen MR) is 105 cm³/mol. The molecule has 1 aromatic heterocycles. The number of para-hydroxylation sites is 1. The highest BCUT2D eigenvalue weighted by Gasteiger charge is 2.14. The van der Waals surface area contributed by atoms with E-state index in [9.17, 15) is 5.26 Å². The van der Waals surface area contributed by atoms with Gasteiger partial charge in [0.05, 0.1) is 16.9 Å². The molecule has 0 saturated heterocycles. The maximum absolute atomic E-state index is 9.29. The largest absolute Gasteiger partial charge is 0.365 e. The monoisotopic (exact) mass is 343 g/mol. The smallest absolute Gasteiger partial charge is 0.229 e. The average molecular weight is 343 g/mol. The molecule has 0 unspecified atom stereocenters. The van der Waals surface area contributed by atoms with Crippen molar-refractivity contribution in [3.8, 4) is 17.3 Å². The molecule has 2 aromatic carbocycles.